The molecular weight excluding hydrogens is 188 g/mol. The summed E-state index contributed by atoms with van der Waals surface area (Å²) in [4.78, 5) is 11.8. The maximum Gasteiger partial charge on any atom is 0.161 e. The molecule has 15 heavy (non-hydrogen) atoms. The Morgan fingerprint density at radius 3 is 2.27 bits per heavy atom. The molecule has 0 aromatic carbocycles. The standard InChI is InChI=1S/C13H24O2/c1-5-6-15-13(12(4)14)8-10(2)7-11(3)9-13/h10-11H,5-9H2,1-4H3. The summed E-state index contributed by atoms with van der Waals surface area (Å²) in [5.41, 5.74) is -0.465. The maximum absolute atomic E-state index is 11.8. The van der Waals surface area contributed by atoms with Crippen LogP contribution in [0, 0.1) is 11.8 Å². The fourth-order valence-corrected chi connectivity index (χ4v) is 2.87. The lowest BCUT2D eigenvalue weighted by molar-refractivity contribution is -0.152. The monoisotopic (exact) mass is 212 g/mol. The maximum atomic E-state index is 11.8. The average molecular weight is 212 g/mol. The van der Waals surface area contributed by atoms with Crippen LogP contribution in [0.2, 0.25) is 0 Å². The minimum Gasteiger partial charge on any atom is -0.367 e. The molecule has 2 unspecified atom stereocenters. The molecule has 0 aliphatic heterocycles. The first kappa shape index (κ1) is 12.7. The molecule has 1 aliphatic rings. The number of ether oxygens (including phenoxy) is 1. The zero-order chi connectivity index (χ0) is 11.5. The van der Waals surface area contributed by atoms with Crippen LogP contribution >= 0.6 is 0 Å². The van der Waals surface area contributed by atoms with Crippen molar-refractivity contribution in [2.45, 2.75) is 59.0 Å². The van der Waals surface area contributed by atoms with E-state index in [1.807, 2.05) is 0 Å². The van der Waals surface area contributed by atoms with Crippen LogP contribution in [0.5, 0.6) is 0 Å². The molecule has 2 nitrogen and oxygen atoms in total. The molecule has 1 fully saturated rings. The second kappa shape index (κ2) is 5.11. The molecule has 88 valence electrons. The lowest BCUT2D eigenvalue weighted by Gasteiger charge is -2.41. The van der Waals surface area contributed by atoms with Gasteiger partial charge in [0.1, 0.15) is 5.60 Å². The molecule has 0 aromatic heterocycles. The molecule has 0 saturated heterocycles. The number of rotatable bonds is 4. The molecule has 2 heteroatoms. The van der Waals surface area contributed by atoms with E-state index in [4.69, 9.17) is 4.74 Å². The van der Waals surface area contributed by atoms with Crippen LogP contribution in [-0.4, -0.2) is 18.0 Å². The highest BCUT2D eigenvalue weighted by Gasteiger charge is 2.42. The summed E-state index contributed by atoms with van der Waals surface area (Å²) in [6.07, 6.45) is 4.03. The lowest BCUT2D eigenvalue weighted by atomic mass is 9.72. The predicted octanol–water partition coefficient (Wildman–Crippen LogP) is 3.20. The third kappa shape index (κ3) is 3.04. The van der Waals surface area contributed by atoms with Gasteiger partial charge in [-0.3, -0.25) is 4.79 Å². The van der Waals surface area contributed by atoms with Gasteiger partial charge in [-0.1, -0.05) is 20.8 Å². The molecule has 1 saturated carbocycles. The SMILES string of the molecule is CCCOC1(C(C)=O)CC(C)CC(C)C1. The fraction of sp³-hybridized carbons (Fsp3) is 0.923. The summed E-state index contributed by atoms with van der Waals surface area (Å²) in [6.45, 7) is 8.92. The molecule has 1 rings (SSSR count). The van der Waals surface area contributed by atoms with Crippen molar-refractivity contribution < 1.29 is 9.53 Å². The van der Waals surface area contributed by atoms with Crippen LogP contribution in [0.15, 0.2) is 0 Å². The van der Waals surface area contributed by atoms with Gasteiger partial charge in [-0.15, -0.1) is 0 Å². The van der Waals surface area contributed by atoms with Crippen molar-refractivity contribution >= 4 is 5.78 Å². The summed E-state index contributed by atoms with van der Waals surface area (Å²) in [6, 6.07) is 0. The molecule has 1 aliphatic carbocycles. The number of Topliss-reactive ketones (excluding diaryl/α,β-unsaturated/α-hetero) is 1. The smallest absolute Gasteiger partial charge is 0.161 e. The summed E-state index contributed by atoms with van der Waals surface area (Å²) in [7, 11) is 0. The zero-order valence-electron chi connectivity index (χ0n) is 10.5. The van der Waals surface area contributed by atoms with Gasteiger partial charge in [0.2, 0.25) is 0 Å². The Bertz CT molecular complexity index is 213. The van der Waals surface area contributed by atoms with Crippen LogP contribution in [-0.2, 0) is 9.53 Å². The number of ketones is 1. The van der Waals surface area contributed by atoms with E-state index in [9.17, 15) is 4.79 Å². The Hall–Kier alpha value is -0.370. The molecule has 0 aromatic rings. The van der Waals surface area contributed by atoms with E-state index in [1.165, 1.54) is 6.42 Å². The van der Waals surface area contributed by atoms with E-state index in [1.54, 1.807) is 6.92 Å². The van der Waals surface area contributed by atoms with Crippen molar-refractivity contribution in [3.8, 4) is 0 Å². The first-order valence-electron chi connectivity index (χ1n) is 6.15. The lowest BCUT2D eigenvalue weighted by Crippen LogP contribution is -2.46. The van der Waals surface area contributed by atoms with Gasteiger partial charge in [0.25, 0.3) is 0 Å². The first-order chi connectivity index (χ1) is 7.00. The highest BCUT2D eigenvalue weighted by molar-refractivity contribution is 5.85. The van der Waals surface area contributed by atoms with E-state index in [0.29, 0.717) is 18.4 Å². The Morgan fingerprint density at radius 2 is 1.87 bits per heavy atom. The minimum atomic E-state index is -0.465. The molecule has 0 spiro atoms. The van der Waals surface area contributed by atoms with Gasteiger partial charge in [-0.05, 0) is 44.4 Å². The van der Waals surface area contributed by atoms with Gasteiger partial charge < -0.3 is 4.74 Å². The fourth-order valence-electron chi connectivity index (χ4n) is 2.87. The predicted molar refractivity (Wildman–Crippen MR) is 61.8 cm³/mol. The highest BCUT2D eigenvalue weighted by Crippen LogP contribution is 2.39. The van der Waals surface area contributed by atoms with Gasteiger partial charge in [-0.2, -0.15) is 0 Å². The van der Waals surface area contributed by atoms with Gasteiger partial charge in [0.15, 0.2) is 5.78 Å². The zero-order valence-corrected chi connectivity index (χ0v) is 10.5. The Balaban J connectivity index is 2.74. The van der Waals surface area contributed by atoms with Crippen molar-refractivity contribution in [2.75, 3.05) is 6.61 Å². The molecule has 0 heterocycles. The molecule has 2 atom stereocenters. The third-order valence-electron chi connectivity index (χ3n) is 3.39. The molecule has 0 bridgehead atoms. The average Bonchev–Trinajstić information content (AvgIpc) is 2.13. The first-order valence-corrected chi connectivity index (χ1v) is 6.15. The normalized spacial score (nSPS) is 36.5. The van der Waals surface area contributed by atoms with E-state index >= 15 is 0 Å². The number of hydrogen-bond acceptors (Lipinski definition) is 2. The summed E-state index contributed by atoms with van der Waals surface area (Å²) >= 11 is 0. The van der Waals surface area contributed by atoms with E-state index in [-0.39, 0.29) is 5.78 Å². The number of hydrogen-bond donors (Lipinski definition) is 0. The molecular formula is C13H24O2. The van der Waals surface area contributed by atoms with Gasteiger partial charge in [0.05, 0.1) is 0 Å². The third-order valence-corrected chi connectivity index (χ3v) is 3.39. The van der Waals surface area contributed by atoms with Crippen molar-refractivity contribution in [1.82, 2.24) is 0 Å². The molecule has 0 radical (unpaired) electrons. The summed E-state index contributed by atoms with van der Waals surface area (Å²) in [5, 5.41) is 0. The van der Waals surface area contributed by atoms with E-state index in [0.717, 1.165) is 19.3 Å². The van der Waals surface area contributed by atoms with Crippen molar-refractivity contribution in [1.29, 1.82) is 0 Å². The Labute approximate surface area is 93.4 Å². The summed E-state index contributed by atoms with van der Waals surface area (Å²) in [5.74, 6) is 1.43. The van der Waals surface area contributed by atoms with E-state index in [2.05, 4.69) is 20.8 Å². The van der Waals surface area contributed by atoms with Crippen LogP contribution in [0.3, 0.4) is 0 Å². The van der Waals surface area contributed by atoms with Crippen LogP contribution < -0.4 is 0 Å². The van der Waals surface area contributed by atoms with E-state index < -0.39 is 5.60 Å². The Kier molecular flexibility index (Phi) is 4.32. The second-order valence-electron chi connectivity index (χ2n) is 5.25. The number of carbonyl (C=O) groups is 1. The van der Waals surface area contributed by atoms with Crippen LogP contribution in [0.25, 0.3) is 0 Å². The summed E-state index contributed by atoms with van der Waals surface area (Å²) < 4.78 is 5.87. The topological polar surface area (TPSA) is 26.3 Å². The highest BCUT2D eigenvalue weighted by atomic mass is 16.5. The molecule has 0 N–H and O–H groups in total. The van der Waals surface area contributed by atoms with Gasteiger partial charge in [0, 0.05) is 6.61 Å². The van der Waals surface area contributed by atoms with Gasteiger partial charge >= 0.3 is 0 Å². The van der Waals surface area contributed by atoms with Crippen LogP contribution in [0.1, 0.15) is 53.4 Å². The second-order valence-corrected chi connectivity index (χ2v) is 5.25. The molecule has 0 amide bonds. The van der Waals surface area contributed by atoms with Crippen LogP contribution in [0.4, 0.5) is 0 Å². The Morgan fingerprint density at radius 1 is 1.33 bits per heavy atom. The quantitative estimate of drug-likeness (QED) is 0.715. The minimum absolute atomic E-state index is 0.217. The largest absolute Gasteiger partial charge is 0.367 e. The van der Waals surface area contributed by atoms with Crippen molar-refractivity contribution in [3.05, 3.63) is 0 Å². The number of carbonyl (C=O) groups excluding carboxylic acids is 1. The van der Waals surface area contributed by atoms with Crippen molar-refractivity contribution in [2.24, 2.45) is 11.8 Å². The van der Waals surface area contributed by atoms with Gasteiger partial charge in [-0.25, -0.2) is 0 Å². The van der Waals surface area contributed by atoms with Crippen molar-refractivity contribution in [3.63, 3.8) is 0 Å².